The molecule has 2 aromatic carbocycles. The summed E-state index contributed by atoms with van der Waals surface area (Å²) in [5.74, 6) is 0. The Balaban J connectivity index is 1.57. The van der Waals surface area contributed by atoms with Crippen LogP contribution in [0.1, 0.15) is 11.1 Å². The molecule has 1 nitrogen and oxygen atoms in total. The highest BCUT2D eigenvalue weighted by atomic mass is 79.9. The van der Waals surface area contributed by atoms with Gasteiger partial charge in [0.05, 0.1) is 0 Å². The molecular weight excluding hydrogens is 330 g/mol. The summed E-state index contributed by atoms with van der Waals surface area (Å²) in [5, 5.41) is 0.685. The molecule has 2 aromatic rings. The number of nitrogens with zero attached hydrogens (tertiary/aromatic N) is 1. The van der Waals surface area contributed by atoms with E-state index >= 15 is 0 Å². The molecule has 0 N–H and O–H groups in total. The van der Waals surface area contributed by atoms with Gasteiger partial charge in [-0.3, -0.25) is 0 Å². The van der Waals surface area contributed by atoms with Gasteiger partial charge in [-0.05, 0) is 42.8 Å². The van der Waals surface area contributed by atoms with Crippen molar-refractivity contribution >= 4 is 27.7 Å². The SMILES string of the molecule is CN(Cc1cccc(Br)c1)CC1Cc2ccccc2S1. The van der Waals surface area contributed by atoms with E-state index in [1.807, 2.05) is 11.8 Å². The maximum Gasteiger partial charge on any atom is 0.0263 e. The van der Waals surface area contributed by atoms with E-state index < -0.39 is 0 Å². The molecule has 1 atom stereocenters. The molecule has 0 spiro atoms. The van der Waals surface area contributed by atoms with Crippen LogP contribution in [-0.4, -0.2) is 23.7 Å². The fourth-order valence-corrected chi connectivity index (χ4v) is 4.57. The van der Waals surface area contributed by atoms with Gasteiger partial charge in [-0.2, -0.15) is 0 Å². The molecular formula is C17H18BrNS. The molecule has 1 unspecified atom stereocenters. The van der Waals surface area contributed by atoms with Crippen LogP contribution >= 0.6 is 27.7 Å². The van der Waals surface area contributed by atoms with Crippen molar-refractivity contribution in [2.24, 2.45) is 0 Å². The molecule has 0 amide bonds. The minimum absolute atomic E-state index is 0.685. The van der Waals surface area contributed by atoms with E-state index in [9.17, 15) is 0 Å². The first-order valence-corrected chi connectivity index (χ1v) is 8.55. The molecule has 20 heavy (non-hydrogen) atoms. The van der Waals surface area contributed by atoms with Gasteiger partial charge in [0.2, 0.25) is 0 Å². The predicted molar refractivity (Wildman–Crippen MR) is 90.3 cm³/mol. The number of hydrogen-bond donors (Lipinski definition) is 0. The van der Waals surface area contributed by atoms with Gasteiger partial charge in [-0.25, -0.2) is 0 Å². The number of thioether (sulfide) groups is 1. The number of hydrogen-bond acceptors (Lipinski definition) is 2. The van der Waals surface area contributed by atoms with Crippen molar-refractivity contribution < 1.29 is 0 Å². The predicted octanol–water partition coefficient (Wildman–Crippen LogP) is 4.60. The summed E-state index contributed by atoms with van der Waals surface area (Å²) >= 11 is 5.56. The molecule has 1 aliphatic heterocycles. The van der Waals surface area contributed by atoms with E-state index in [4.69, 9.17) is 0 Å². The second-order valence-electron chi connectivity index (χ2n) is 5.38. The molecule has 1 heterocycles. The van der Waals surface area contributed by atoms with E-state index in [1.165, 1.54) is 22.4 Å². The Bertz CT molecular complexity index is 574. The Labute approximate surface area is 133 Å². The lowest BCUT2D eigenvalue weighted by atomic mass is 10.1. The summed E-state index contributed by atoms with van der Waals surface area (Å²) in [6.07, 6.45) is 1.20. The fraction of sp³-hybridized carbons (Fsp3) is 0.294. The largest absolute Gasteiger partial charge is 0.301 e. The minimum atomic E-state index is 0.685. The standard InChI is InChI=1S/C17H18BrNS/c1-19(11-13-5-4-7-15(18)9-13)12-16-10-14-6-2-3-8-17(14)20-16/h2-9,16H,10-12H2,1H3. The fourth-order valence-electron chi connectivity index (χ4n) is 2.71. The van der Waals surface area contributed by atoms with Crippen molar-refractivity contribution in [2.75, 3.05) is 13.6 Å². The van der Waals surface area contributed by atoms with Crippen molar-refractivity contribution in [1.82, 2.24) is 4.90 Å². The summed E-state index contributed by atoms with van der Waals surface area (Å²) in [6, 6.07) is 17.4. The first kappa shape index (κ1) is 14.2. The van der Waals surface area contributed by atoms with Crippen LogP contribution in [-0.2, 0) is 13.0 Å². The van der Waals surface area contributed by atoms with Gasteiger partial charge in [0, 0.05) is 27.7 Å². The minimum Gasteiger partial charge on any atom is -0.301 e. The van der Waals surface area contributed by atoms with Gasteiger partial charge < -0.3 is 4.90 Å². The Morgan fingerprint density at radius 2 is 2.05 bits per heavy atom. The molecule has 0 bridgehead atoms. The van der Waals surface area contributed by atoms with E-state index in [0.717, 1.165) is 17.6 Å². The third kappa shape index (κ3) is 3.46. The van der Waals surface area contributed by atoms with Crippen LogP contribution in [0.15, 0.2) is 57.9 Å². The lowest BCUT2D eigenvalue weighted by Gasteiger charge is -2.20. The van der Waals surface area contributed by atoms with Crippen molar-refractivity contribution in [3.63, 3.8) is 0 Å². The first-order valence-electron chi connectivity index (χ1n) is 6.88. The van der Waals surface area contributed by atoms with Gasteiger partial charge in [0.25, 0.3) is 0 Å². The highest BCUT2D eigenvalue weighted by Gasteiger charge is 2.22. The second-order valence-corrected chi connectivity index (χ2v) is 7.64. The van der Waals surface area contributed by atoms with Gasteiger partial charge in [0.1, 0.15) is 0 Å². The van der Waals surface area contributed by atoms with Gasteiger partial charge >= 0.3 is 0 Å². The van der Waals surface area contributed by atoms with Crippen molar-refractivity contribution in [3.05, 3.63) is 64.1 Å². The van der Waals surface area contributed by atoms with Crippen LogP contribution in [0, 0.1) is 0 Å². The Morgan fingerprint density at radius 3 is 2.85 bits per heavy atom. The average molecular weight is 348 g/mol. The summed E-state index contributed by atoms with van der Waals surface area (Å²) in [5.41, 5.74) is 2.88. The number of halogens is 1. The molecule has 3 heteroatoms. The Kier molecular flexibility index (Phi) is 4.49. The summed E-state index contributed by atoms with van der Waals surface area (Å²) < 4.78 is 1.16. The molecule has 1 aliphatic rings. The van der Waals surface area contributed by atoms with Crippen LogP contribution in [0.2, 0.25) is 0 Å². The number of benzene rings is 2. The number of rotatable bonds is 4. The van der Waals surface area contributed by atoms with Gasteiger partial charge in [-0.1, -0.05) is 46.3 Å². The van der Waals surface area contributed by atoms with E-state index in [-0.39, 0.29) is 0 Å². The maximum atomic E-state index is 3.54. The summed E-state index contributed by atoms with van der Waals surface area (Å²) in [6.45, 7) is 2.14. The third-order valence-corrected chi connectivity index (χ3v) is 5.37. The average Bonchev–Trinajstić information content (AvgIpc) is 2.80. The normalized spacial score (nSPS) is 17.4. The molecule has 0 radical (unpaired) electrons. The quantitative estimate of drug-likeness (QED) is 0.795. The van der Waals surface area contributed by atoms with E-state index in [1.54, 1.807) is 0 Å². The molecule has 0 fully saturated rings. The van der Waals surface area contributed by atoms with Gasteiger partial charge in [0.15, 0.2) is 0 Å². The zero-order chi connectivity index (χ0) is 13.9. The maximum absolute atomic E-state index is 3.54. The van der Waals surface area contributed by atoms with Crippen LogP contribution in [0.4, 0.5) is 0 Å². The molecule has 0 aliphatic carbocycles. The van der Waals surface area contributed by atoms with Crippen molar-refractivity contribution in [1.29, 1.82) is 0 Å². The van der Waals surface area contributed by atoms with E-state index in [0.29, 0.717) is 5.25 Å². The van der Waals surface area contributed by atoms with Crippen LogP contribution in [0.3, 0.4) is 0 Å². The van der Waals surface area contributed by atoms with Crippen LogP contribution < -0.4 is 0 Å². The topological polar surface area (TPSA) is 3.24 Å². The van der Waals surface area contributed by atoms with Crippen molar-refractivity contribution in [2.45, 2.75) is 23.1 Å². The lowest BCUT2D eigenvalue weighted by Crippen LogP contribution is -2.26. The Morgan fingerprint density at radius 1 is 1.20 bits per heavy atom. The third-order valence-electron chi connectivity index (χ3n) is 3.57. The monoisotopic (exact) mass is 347 g/mol. The first-order chi connectivity index (χ1) is 9.70. The zero-order valence-electron chi connectivity index (χ0n) is 11.6. The highest BCUT2D eigenvalue weighted by molar-refractivity contribution is 9.10. The summed E-state index contributed by atoms with van der Waals surface area (Å²) in [4.78, 5) is 3.89. The molecule has 0 saturated heterocycles. The lowest BCUT2D eigenvalue weighted by molar-refractivity contribution is 0.327. The molecule has 3 rings (SSSR count). The number of fused-ring (bicyclic) bond motifs is 1. The van der Waals surface area contributed by atoms with Crippen LogP contribution in [0.5, 0.6) is 0 Å². The highest BCUT2D eigenvalue weighted by Crippen LogP contribution is 2.37. The Hall–Kier alpha value is -0.770. The summed E-state index contributed by atoms with van der Waals surface area (Å²) in [7, 11) is 2.21. The van der Waals surface area contributed by atoms with Gasteiger partial charge in [-0.15, -0.1) is 11.8 Å². The van der Waals surface area contributed by atoms with E-state index in [2.05, 4.69) is 76.4 Å². The molecule has 0 aromatic heterocycles. The zero-order valence-corrected chi connectivity index (χ0v) is 14.0. The molecule has 104 valence electrons. The smallest absolute Gasteiger partial charge is 0.0263 e. The van der Waals surface area contributed by atoms with Crippen molar-refractivity contribution in [3.8, 4) is 0 Å². The second kappa shape index (κ2) is 6.33. The van der Waals surface area contributed by atoms with Crippen LogP contribution in [0.25, 0.3) is 0 Å². The molecule has 0 saturated carbocycles.